The van der Waals surface area contributed by atoms with Gasteiger partial charge in [-0.2, -0.15) is 0 Å². The van der Waals surface area contributed by atoms with Gasteiger partial charge >= 0.3 is 18.0 Å². The Morgan fingerprint density at radius 1 is 0.958 bits per heavy atom. The molecule has 17 heteroatoms. The highest BCUT2D eigenvalue weighted by Gasteiger charge is 2.62. The van der Waals surface area contributed by atoms with E-state index in [2.05, 4.69) is 81.0 Å². The number of cyclic esters (lactones) is 2. The standard InChI is InChI=1S/C55H85N5O11Si/c1-18-44(71-72(52(8,9)10,41-27-21-19-22-28-41)42-29-23-20-24-30-42)55(14)46(60(51(63)70-55)32-26-25-31-57-58-56)40(7)66-48(61)35(2)34-54(13,64-17)47(38(5)45-39(6)49(62)69-53(11,12)68-45)67-50-37(4)43(59(15)16)33-36(3)65-50/h19-24,27-30,35-38,40,43-44,46-47,50H,18,25-26,31-34H2,1-17H3/t35-,36?,37?,38+,40-,43?,44-,46-,47-,50?,54-,55-/m1/s1. The Bertz CT molecular complexity index is 2200. The van der Waals surface area contributed by atoms with Crippen LogP contribution in [0, 0.1) is 17.8 Å². The van der Waals surface area contributed by atoms with E-state index >= 15 is 0 Å². The third-order valence-electron chi connectivity index (χ3n) is 15.3. The van der Waals surface area contributed by atoms with Crippen molar-refractivity contribution in [2.24, 2.45) is 22.9 Å². The average Bonchev–Trinajstić information content (AvgIpc) is 3.58. The molecule has 0 aromatic heterocycles. The Hall–Kier alpha value is -4.48. The quantitative estimate of drug-likeness (QED) is 0.0196. The molecule has 72 heavy (non-hydrogen) atoms. The van der Waals surface area contributed by atoms with E-state index in [1.165, 1.54) is 0 Å². The topological polar surface area (TPSA) is 180 Å². The van der Waals surface area contributed by atoms with Crippen molar-refractivity contribution in [2.75, 3.05) is 34.3 Å². The third kappa shape index (κ3) is 12.5. The van der Waals surface area contributed by atoms with E-state index in [1.54, 1.807) is 39.7 Å². The summed E-state index contributed by atoms with van der Waals surface area (Å²) in [7, 11) is 2.49. The fraction of sp³-hybridized carbons (Fsp3) is 0.691. The molecule has 0 N–H and O–H groups in total. The van der Waals surface area contributed by atoms with E-state index in [0.717, 1.165) is 16.8 Å². The Balaban J connectivity index is 1.53. The number of rotatable bonds is 23. The summed E-state index contributed by atoms with van der Waals surface area (Å²) in [6, 6.07) is 20.0. The van der Waals surface area contributed by atoms with Crippen LogP contribution in [-0.4, -0.2) is 130 Å². The lowest BCUT2D eigenvalue weighted by Gasteiger charge is -2.49. The fourth-order valence-electron chi connectivity index (χ4n) is 11.6. The van der Waals surface area contributed by atoms with Crippen LogP contribution in [0.25, 0.3) is 10.4 Å². The maximum Gasteiger partial charge on any atom is 0.411 e. The number of carbonyl (C=O) groups is 3. The van der Waals surface area contributed by atoms with Crippen LogP contribution >= 0.6 is 0 Å². The van der Waals surface area contributed by atoms with E-state index in [4.69, 9.17) is 43.1 Å². The molecule has 0 saturated carbocycles. The molecule has 5 rings (SSSR count). The van der Waals surface area contributed by atoms with Crippen LogP contribution in [0.15, 0.2) is 77.1 Å². The van der Waals surface area contributed by atoms with Crippen molar-refractivity contribution in [1.29, 1.82) is 0 Å². The molecule has 1 amide bonds. The number of esters is 2. The van der Waals surface area contributed by atoms with Crippen molar-refractivity contribution in [3.05, 3.63) is 82.4 Å². The first kappa shape index (κ1) is 58.4. The molecule has 3 aliphatic heterocycles. The summed E-state index contributed by atoms with van der Waals surface area (Å²) in [6.07, 6.45) is -1.18. The highest BCUT2D eigenvalue weighted by atomic mass is 28.4. The second-order valence-corrected chi connectivity index (χ2v) is 26.7. The number of benzene rings is 2. The minimum Gasteiger partial charge on any atom is -0.460 e. The summed E-state index contributed by atoms with van der Waals surface area (Å²) in [6.45, 7) is 27.7. The van der Waals surface area contributed by atoms with Crippen molar-refractivity contribution in [2.45, 2.75) is 194 Å². The molecule has 2 aromatic carbocycles. The molecule has 16 nitrogen and oxygen atoms in total. The van der Waals surface area contributed by atoms with Gasteiger partial charge in [0.1, 0.15) is 17.9 Å². The summed E-state index contributed by atoms with van der Waals surface area (Å²) in [5, 5.41) is 5.48. The molecule has 3 aliphatic rings. The van der Waals surface area contributed by atoms with Gasteiger partial charge in [0.05, 0.1) is 35.4 Å². The number of methoxy groups -OCH3 is 1. The molecule has 0 bridgehead atoms. The largest absolute Gasteiger partial charge is 0.460 e. The van der Waals surface area contributed by atoms with Crippen molar-refractivity contribution in [3.63, 3.8) is 0 Å². The molecule has 2 saturated heterocycles. The molecule has 4 unspecified atom stereocenters. The van der Waals surface area contributed by atoms with Crippen molar-refractivity contribution in [3.8, 4) is 0 Å². The molecule has 0 radical (unpaired) electrons. The number of amides is 1. The number of unbranched alkanes of at least 4 members (excludes halogenated alkanes) is 1. The van der Waals surface area contributed by atoms with Gasteiger partial charge in [0.15, 0.2) is 11.9 Å². The SMILES string of the molecule is CC[C@@H](O[Si](c1ccccc1)(c1ccccc1)C(C)(C)C)[C@@]1(C)OC(=O)N(CCCCN=[N+]=[N-])[C@@H]1[C@@H](C)OC(=O)[C@H](C)C[C@@](C)(OC)[C@H](OC1OC(C)CC(N(C)C)C1C)[C@@H](C)C1=C(C)C(=O)OC(C)(C)O1. The Labute approximate surface area is 430 Å². The molecule has 0 aliphatic carbocycles. The Morgan fingerprint density at radius 3 is 2.08 bits per heavy atom. The van der Waals surface area contributed by atoms with Crippen LogP contribution in [-0.2, 0) is 47.2 Å². The second-order valence-electron chi connectivity index (χ2n) is 22.5. The Kier molecular flexibility index (Phi) is 19.3. The predicted octanol–water partition coefficient (Wildman–Crippen LogP) is 9.68. The first-order valence-corrected chi connectivity index (χ1v) is 27.8. The van der Waals surface area contributed by atoms with Crippen LogP contribution in [0.3, 0.4) is 0 Å². The zero-order valence-electron chi connectivity index (χ0n) is 46.2. The third-order valence-corrected chi connectivity index (χ3v) is 20.3. The lowest BCUT2D eigenvalue weighted by molar-refractivity contribution is -0.285. The van der Waals surface area contributed by atoms with Crippen LogP contribution in [0.2, 0.25) is 5.04 Å². The number of nitrogens with zero attached hydrogens (tertiary/aromatic N) is 5. The number of carbonyl (C=O) groups excluding carboxylic acids is 3. The van der Waals surface area contributed by atoms with Crippen molar-refractivity contribution >= 4 is 36.7 Å². The highest BCUT2D eigenvalue weighted by molar-refractivity contribution is 6.99. The van der Waals surface area contributed by atoms with Crippen LogP contribution in [0.4, 0.5) is 4.79 Å². The van der Waals surface area contributed by atoms with E-state index < -0.39 is 85.8 Å². The molecule has 3 heterocycles. The van der Waals surface area contributed by atoms with Gasteiger partial charge in [-0.05, 0) is 102 Å². The minimum absolute atomic E-state index is 0.0563. The number of azide groups is 1. The zero-order valence-corrected chi connectivity index (χ0v) is 47.2. The van der Waals surface area contributed by atoms with Crippen molar-refractivity contribution < 1.29 is 52.0 Å². The first-order valence-electron chi connectivity index (χ1n) is 25.9. The maximum atomic E-state index is 14.8. The summed E-state index contributed by atoms with van der Waals surface area (Å²) in [5.74, 6) is -3.24. The zero-order chi connectivity index (χ0) is 53.6. The van der Waals surface area contributed by atoms with E-state index in [9.17, 15) is 14.4 Å². The summed E-state index contributed by atoms with van der Waals surface area (Å²) in [4.78, 5) is 49.2. The van der Waals surface area contributed by atoms with Crippen LogP contribution < -0.4 is 10.4 Å². The van der Waals surface area contributed by atoms with Crippen LogP contribution in [0.1, 0.15) is 129 Å². The normalized spacial score (nSPS) is 26.6. The maximum absolute atomic E-state index is 14.8. The van der Waals surface area contributed by atoms with Crippen LogP contribution in [0.5, 0.6) is 0 Å². The molecule has 2 aromatic rings. The summed E-state index contributed by atoms with van der Waals surface area (Å²) in [5.41, 5.74) is 6.79. The van der Waals surface area contributed by atoms with Gasteiger partial charge in [0.2, 0.25) is 5.79 Å². The predicted molar refractivity (Wildman–Crippen MR) is 280 cm³/mol. The lowest BCUT2D eigenvalue weighted by Crippen LogP contribution is -2.70. The van der Waals surface area contributed by atoms with Gasteiger partial charge in [0.25, 0.3) is 8.32 Å². The summed E-state index contributed by atoms with van der Waals surface area (Å²) < 4.78 is 53.0. The Morgan fingerprint density at radius 2 is 1.56 bits per heavy atom. The van der Waals surface area contributed by atoms with Gasteiger partial charge in [-0.25, -0.2) is 9.59 Å². The molecule has 2 fully saturated rings. The fourth-order valence-corrected chi connectivity index (χ4v) is 16.4. The molecular weight excluding hydrogens is 935 g/mol. The van der Waals surface area contributed by atoms with Crippen molar-refractivity contribution in [1.82, 2.24) is 9.80 Å². The van der Waals surface area contributed by atoms with Gasteiger partial charge in [-0.1, -0.05) is 114 Å². The number of hydrogen-bond acceptors (Lipinski definition) is 13. The van der Waals surface area contributed by atoms with E-state index in [-0.39, 0.29) is 42.6 Å². The number of hydrogen-bond donors (Lipinski definition) is 0. The lowest BCUT2D eigenvalue weighted by atomic mass is 9.80. The van der Waals surface area contributed by atoms with Gasteiger partial charge < -0.3 is 42.5 Å². The molecule has 0 spiro atoms. The minimum atomic E-state index is -3.20. The highest BCUT2D eigenvalue weighted by Crippen LogP contribution is 2.45. The second kappa shape index (κ2) is 23.8. The van der Waals surface area contributed by atoms with Gasteiger partial charge in [-0.15, -0.1) is 0 Å². The van der Waals surface area contributed by atoms with E-state index in [1.807, 2.05) is 77.9 Å². The average molecular weight is 1020 g/mol. The van der Waals surface area contributed by atoms with Gasteiger partial charge in [-0.3, -0.25) is 9.69 Å². The smallest absolute Gasteiger partial charge is 0.411 e. The monoisotopic (exact) mass is 1020 g/mol. The molecule has 400 valence electrons. The van der Waals surface area contributed by atoms with E-state index in [0.29, 0.717) is 30.6 Å². The summed E-state index contributed by atoms with van der Waals surface area (Å²) >= 11 is 0. The first-order chi connectivity index (χ1) is 33.7. The molecular formula is C55H85N5O11Si. The van der Waals surface area contributed by atoms with Gasteiger partial charge in [0, 0.05) is 56.8 Å². The molecule has 12 atom stereocenters. The number of ether oxygens (including phenoxy) is 7.